The molecular weight excluding hydrogens is 358 g/mol. The number of carbonyl (C=O) groups excluding carboxylic acids is 1. The van der Waals surface area contributed by atoms with Crippen LogP contribution in [0.3, 0.4) is 0 Å². The molecule has 0 unspecified atom stereocenters. The second kappa shape index (κ2) is 7.85. The van der Waals surface area contributed by atoms with Gasteiger partial charge in [0.25, 0.3) is 5.91 Å². The van der Waals surface area contributed by atoms with Gasteiger partial charge in [-0.3, -0.25) is 9.69 Å². The predicted octanol–water partition coefficient (Wildman–Crippen LogP) is 2.59. The van der Waals surface area contributed by atoms with E-state index in [1.165, 1.54) is 6.20 Å². The number of fused-ring (bicyclic) bond motifs is 2. The molecule has 3 heterocycles. The summed E-state index contributed by atoms with van der Waals surface area (Å²) >= 11 is 0. The molecule has 0 atom stereocenters. The lowest BCUT2D eigenvalue weighted by atomic mass is 10.2. The summed E-state index contributed by atoms with van der Waals surface area (Å²) in [5.41, 5.74) is 2.63. The van der Waals surface area contributed by atoms with Crippen LogP contribution in [0.1, 0.15) is 29.8 Å². The molecule has 146 valence electrons. The van der Waals surface area contributed by atoms with Crippen molar-refractivity contribution in [1.29, 1.82) is 0 Å². The quantitative estimate of drug-likeness (QED) is 0.707. The molecule has 4 rings (SSSR count). The Labute approximate surface area is 163 Å². The lowest BCUT2D eigenvalue weighted by Gasteiger charge is -2.19. The van der Waals surface area contributed by atoms with Crippen molar-refractivity contribution < 1.29 is 14.3 Å². The van der Waals surface area contributed by atoms with Crippen molar-refractivity contribution in [2.24, 2.45) is 0 Å². The molecule has 0 saturated heterocycles. The topological polar surface area (TPSA) is 81.0 Å². The van der Waals surface area contributed by atoms with Crippen molar-refractivity contribution in [1.82, 2.24) is 19.5 Å². The highest BCUT2D eigenvalue weighted by atomic mass is 16.6. The summed E-state index contributed by atoms with van der Waals surface area (Å²) in [6, 6.07) is 5.33. The number of nitrogens with one attached hydrogen (secondary N) is 1. The van der Waals surface area contributed by atoms with Gasteiger partial charge in [-0.2, -0.15) is 5.10 Å². The van der Waals surface area contributed by atoms with Crippen molar-refractivity contribution in [2.45, 2.75) is 20.4 Å². The predicted molar refractivity (Wildman–Crippen MR) is 105 cm³/mol. The fourth-order valence-electron chi connectivity index (χ4n) is 3.18. The van der Waals surface area contributed by atoms with E-state index in [0.29, 0.717) is 41.6 Å². The Kier molecular flexibility index (Phi) is 5.12. The number of aromatic nitrogens is 3. The monoisotopic (exact) mass is 381 g/mol. The first kappa shape index (κ1) is 18.2. The van der Waals surface area contributed by atoms with Crippen molar-refractivity contribution in [2.75, 3.05) is 31.6 Å². The Bertz CT molecular complexity index is 997. The smallest absolute Gasteiger partial charge is 0.261 e. The molecule has 0 bridgehead atoms. The van der Waals surface area contributed by atoms with Crippen molar-refractivity contribution in [3.8, 4) is 11.5 Å². The Morgan fingerprint density at radius 3 is 2.75 bits per heavy atom. The van der Waals surface area contributed by atoms with Gasteiger partial charge in [0.05, 0.1) is 6.20 Å². The number of ether oxygens (including phenoxy) is 2. The van der Waals surface area contributed by atoms with Crippen LogP contribution in [0.15, 0.2) is 36.8 Å². The minimum absolute atomic E-state index is 0.268. The third-order valence-corrected chi connectivity index (χ3v) is 4.76. The number of anilines is 1. The van der Waals surface area contributed by atoms with Gasteiger partial charge < -0.3 is 14.8 Å². The molecule has 0 aliphatic carbocycles. The molecule has 28 heavy (non-hydrogen) atoms. The van der Waals surface area contributed by atoms with Gasteiger partial charge in [-0.05, 0) is 25.2 Å². The second-order valence-electron chi connectivity index (χ2n) is 6.56. The van der Waals surface area contributed by atoms with Crippen LogP contribution in [0.2, 0.25) is 0 Å². The summed E-state index contributed by atoms with van der Waals surface area (Å²) in [4.78, 5) is 19.5. The highest BCUT2D eigenvalue weighted by Gasteiger charge is 2.17. The van der Waals surface area contributed by atoms with E-state index in [4.69, 9.17) is 9.47 Å². The van der Waals surface area contributed by atoms with Crippen LogP contribution in [0.5, 0.6) is 11.5 Å². The first-order valence-corrected chi connectivity index (χ1v) is 9.43. The van der Waals surface area contributed by atoms with E-state index in [2.05, 4.69) is 34.1 Å². The number of benzene rings is 1. The van der Waals surface area contributed by atoms with E-state index >= 15 is 0 Å². The molecule has 1 aromatic carbocycles. The molecule has 1 aliphatic rings. The molecule has 0 saturated carbocycles. The largest absolute Gasteiger partial charge is 0.486 e. The summed E-state index contributed by atoms with van der Waals surface area (Å²) < 4.78 is 12.7. The average molecular weight is 381 g/mol. The van der Waals surface area contributed by atoms with Crippen LogP contribution in [-0.2, 0) is 6.54 Å². The van der Waals surface area contributed by atoms with Gasteiger partial charge in [-0.25, -0.2) is 9.50 Å². The molecule has 3 aromatic rings. The summed E-state index contributed by atoms with van der Waals surface area (Å²) in [5, 5.41) is 7.18. The summed E-state index contributed by atoms with van der Waals surface area (Å²) in [6.45, 7) is 8.02. The Balaban J connectivity index is 1.53. The van der Waals surface area contributed by atoms with Gasteiger partial charge >= 0.3 is 0 Å². The van der Waals surface area contributed by atoms with E-state index in [9.17, 15) is 4.79 Å². The summed E-state index contributed by atoms with van der Waals surface area (Å²) in [6.07, 6.45) is 5.26. The van der Waals surface area contributed by atoms with E-state index in [1.807, 2.05) is 6.20 Å². The van der Waals surface area contributed by atoms with E-state index in [0.717, 1.165) is 25.2 Å². The van der Waals surface area contributed by atoms with E-state index < -0.39 is 0 Å². The fraction of sp³-hybridized carbons (Fsp3) is 0.350. The van der Waals surface area contributed by atoms with Crippen LogP contribution in [-0.4, -0.2) is 51.7 Å². The SMILES string of the molecule is CCN(CC)Cc1cnc2c(C(=O)Nc3ccc4c(c3)OCCO4)cnn2c1. The Morgan fingerprint density at radius 2 is 1.96 bits per heavy atom. The Morgan fingerprint density at radius 1 is 1.18 bits per heavy atom. The fourth-order valence-corrected chi connectivity index (χ4v) is 3.18. The number of nitrogens with zero attached hydrogens (tertiary/aromatic N) is 4. The van der Waals surface area contributed by atoms with Gasteiger partial charge in [0.15, 0.2) is 17.1 Å². The van der Waals surface area contributed by atoms with Crippen molar-refractivity contribution in [3.05, 3.63) is 47.9 Å². The number of amides is 1. The highest BCUT2D eigenvalue weighted by molar-refractivity contribution is 6.08. The summed E-state index contributed by atoms with van der Waals surface area (Å²) in [7, 11) is 0. The molecule has 8 nitrogen and oxygen atoms in total. The summed E-state index contributed by atoms with van der Waals surface area (Å²) in [5.74, 6) is 1.04. The third-order valence-electron chi connectivity index (χ3n) is 4.76. The standard InChI is InChI=1S/C20H23N5O3/c1-3-24(4-2)12-14-10-21-19-16(11-22-25(19)13-14)20(26)23-15-5-6-17-18(9-15)28-8-7-27-17/h5-6,9-11,13H,3-4,7-8,12H2,1-2H3,(H,23,26). The molecule has 0 radical (unpaired) electrons. The number of carbonyl (C=O) groups is 1. The first-order valence-electron chi connectivity index (χ1n) is 9.43. The van der Waals surface area contributed by atoms with Crippen LogP contribution in [0, 0.1) is 0 Å². The molecule has 1 N–H and O–H groups in total. The maximum Gasteiger partial charge on any atom is 0.261 e. The molecule has 8 heteroatoms. The van der Waals surface area contributed by atoms with Crippen LogP contribution in [0.4, 0.5) is 5.69 Å². The zero-order chi connectivity index (χ0) is 19.5. The molecule has 1 aliphatic heterocycles. The van der Waals surface area contributed by atoms with Crippen LogP contribution < -0.4 is 14.8 Å². The van der Waals surface area contributed by atoms with Crippen LogP contribution >= 0.6 is 0 Å². The lowest BCUT2D eigenvalue weighted by molar-refractivity contribution is 0.102. The molecule has 0 fully saturated rings. The molecule has 0 spiro atoms. The maximum absolute atomic E-state index is 12.7. The van der Waals surface area contributed by atoms with Gasteiger partial charge in [0, 0.05) is 36.3 Å². The van der Waals surface area contributed by atoms with Gasteiger partial charge in [-0.15, -0.1) is 0 Å². The third kappa shape index (κ3) is 3.63. The van der Waals surface area contributed by atoms with Crippen molar-refractivity contribution >= 4 is 17.2 Å². The van der Waals surface area contributed by atoms with Gasteiger partial charge in [-0.1, -0.05) is 13.8 Å². The zero-order valence-electron chi connectivity index (χ0n) is 16.0. The first-order chi connectivity index (χ1) is 13.7. The minimum Gasteiger partial charge on any atom is -0.486 e. The van der Waals surface area contributed by atoms with E-state index in [-0.39, 0.29) is 5.91 Å². The van der Waals surface area contributed by atoms with Gasteiger partial charge in [0.2, 0.25) is 0 Å². The average Bonchev–Trinajstić information content (AvgIpc) is 3.15. The lowest BCUT2D eigenvalue weighted by Crippen LogP contribution is -2.22. The molecule has 2 aromatic heterocycles. The zero-order valence-corrected chi connectivity index (χ0v) is 16.0. The van der Waals surface area contributed by atoms with Crippen molar-refractivity contribution in [3.63, 3.8) is 0 Å². The number of hydrogen-bond acceptors (Lipinski definition) is 6. The minimum atomic E-state index is -0.268. The Hall–Kier alpha value is -3.13. The second-order valence-corrected chi connectivity index (χ2v) is 6.56. The van der Waals surface area contributed by atoms with Gasteiger partial charge in [0.1, 0.15) is 18.8 Å². The number of rotatable bonds is 6. The highest BCUT2D eigenvalue weighted by Crippen LogP contribution is 2.32. The normalized spacial score (nSPS) is 13.1. The number of hydrogen-bond donors (Lipinski definition) is 1. The van der Waals surface area contributed by atoms with E-state index in [1.54, 1.807) is 28.9 Å². The molecular formula is C20H23N5O3. The molecule has 1 amide bonds. The van der Waals surface area contributed by atoms with Crippen LogP contribution in [0.25, 0.3) is 5.65 Å². The maximum atomic E-state index is 12.7.